The number of aliphatic carboxylic acids is 1. The fourth-order valence-corrected chi connectivity index (χ4v) is 0.380. The molecule has 0 rings (SSSR count). The highest BCUT2D eigenvalue weighted by molar-refractivity contribution is 6.34. The molecule has 0 heterocycles. The van der Waals surface area contributed by atoms with Crippen molar-refractivity contribution in [3.05, 3.63) is 0 Å². The molecule has 0 radical (unpaired) electrons. The molecule has 4 heteroatoms. The van der Waals surface area contributed by atoms with Crippen LogP contribution in [0.2, 0.25) is 0 Å². The first-order valence-electron chi connectivity index (χ1n) is 2.90. The SMILES string of the molecule is CCC(C)(O)C(=O)C(=O)[O-]. The van der Waals surface area contributed by atoms with Crippen molar-refractivity contribution < 1.29 is 19.8 Å². The first-order valence-corrected chi connectivity index (χ1v) is 2.90. The molecular formula is C6H9O4-. The molecule has 0 aliphatic rings. The number of ketones is 1. The van der Waals surface area contributed by atoms with Crippen molar-refractivity contribution in [1.29, 1.82) is 0 Å². The number of rotatable bonds is 3. The van der Waals surface area contributed by atoms with Gasteiger partial charge in [-0.1, -0.05) is 6.92 Å². The lowest BCUT2D eigenvalue weighted by Crippen LogP contribution is -2.46. The molecule has 0 fully saturated rings. The Morgan fingerprint density at radius 1 is 1.60 bits per heavy atom. The lowest BCUT2D eigenvalue weighted by molar-refractivity contribution is -0.301. The van der Waals surface area contributed by atoms with Crippen molar-refractivity contribution in [2.24, 2.45) is 0 Å². The number of carbonyl (C=O) groups is 2. The normalized spacial score (nSPS) is 15.9. The van der Waals surface area contributed by atoms with Gasteiger partial charge in [0.1, 0.15) is 11.6 Å². The molecule has 0 aromatic rings. The van der Waals surface area contributed by atoms with Crippen LogP contribution in [0.4, 0.5) is 0 Å². The summed E-state index contributed by atoms with van der Waals surface area (Å²) in [5.41, 5.74) is -1.78. The van der Waals surface area contributed by atoms with E-state index < -0.39 is 17.4 Å². The molecule has 1 unspecified atom stereocenters. The van der Waals surface area contributed by atoms with Gasteiger partial charge in [0.05, 0.1) is 0 Å². The summed E-state index contributed by atoms with van der Waals surface area (Å²) in [5.74, 6) is -3.11. The molecule has 4 nitrogen and oxygen atoms in total. The van der Waals surface area contributed by atoms with Gasteiger partial charge in [-0.25, -0.2) is 0 Å². The molecule has 0 spiro atoms. The number of carboxylic acid groups (broad SMARTS) is 1. The molecule has 0 aliphatic carbocycles. The number of carboxylic acids is 1. The van der Waals surface area contributed by atoms with Crippen LogP contribution in [0.15, 0.2) is 0 Å². The maximum Gasteiger partial charge on any atom is 0.209 e. The predicted octanol–water partition coefficient (Wildman–Crippen LogP) is -1.53. The van der Waals surface area contributed by atoms with Gasteiger partial charge in [0.25, 0.3) is 0 Å². The lowest BCUT2D eigenvalue weighted by atomic mass is 9.98. The van der Waals surface area contributed by atoms with Crippen LogP contribution < -0.4 is 5.11 Å². The minimum atomic E-state index is -1.84. The van der Waals surface area contributed by atoms with Crippen molar-refractivity contribution >= 4 is 11.8 Å². The highest BCUT2D eigenvalue weighted by Gasteiger charge is 2.28. The molecule has 0 bridgehead atoms. The van der Waals surface area contributed by atoms with E-state index in [1.807, 2.05) is 0 Å². The largest absolute Gasteiger partial charge is 0.542 e. The van der Waals surface area contributed by atoms with Crippen LogP contribution in [-0.2, 0) is 9.59 Å². The van der Waals surface area contributed by atoms with Crippen LogP contribution in [0.3, 0.4) is 0 Å². The summed E-state index contributed by atoms with van der Waals surface area (Å²) in [6, 6.07) is 0. The van der Waals surface area contributed by atoms with Crippen LogP contribution in [0.25, 0.3) is 0 Å². The molecule has 1 N–H and O–H groups in total. The predicted molar refractivity (Wildman–Crippen MR) is 30.9 cm³/mol. The Hall–Kier alpha value is -0.900. The monoisotopic (exact) mass is 145 g/mol. The van der Waals surface area contributed by atoms with E-state index in [0.29, 0.717) is 0 Å². The van der Waals surface area contributed by atoms with E-state index in [1.54, 1.807) is 0 Å². The number of carbonyl (C=O) groups excluding carboxylic acids is 2. The van der Waals surface area contributed by atoms with E-state index in [4.69, 9.17) is 5.11 Å². The molecule has 0 saturated carbocycles. The standard InChI is InChI=1S/C6H10O4/c1-3-6(2,10)4(7)5(8)9/h10H,3H2,1-2H3,(H,8,9)/p-1. The van der Waals surface area contributed by atoms with Crippen LogP contribution >= 0.6 is 0 Å². The molecule has 0 amide bonds. The fourth-order valence-electron chi connectivity index (χ4n) is 0.380. The van der Waals surface area contributed by atoms with Gasteiger partial charge < -0.3 is 15.0 Å². The zero-order valence-corrected chi connectivity index (χ0v) is 5.88. The zero-order valence-electron chi connectivity index (χ0n) is 5.88. The smallest absolute Gasteiger partial charge is 0.209 e. The van der Waals surface area contributed by atoms with E-state index in [2.05, 4.69) is 0 Å². The molecule has 58 valence electrons. The summed E-state index contributed by atoms with van der Waals surface area (Å²) in [6.45, 7) is 2.66. The summed E-state index contributed by atoms with van der Waals surface area (Å²) in [7, 11) is 0. The first kappa shape index (κ1) is 9.10. The summed E-state index contributed by atoms with van der Waals surface area (Å²) in [6.07, 6.45) is 0.0693. The average Bonchev–Trinajstić information content (AvgIpc) is 1.86. The molecule has 10 heavy (non-hydrogen) atoms. The number of hydrogen-bond acceptors (Lipinski definition) is 4. The number of aliphatic hydroxyl groups is 1. The molecular weight excluding hydrogens is 136 g/mol. The van der Waals surface area contributed by atoms with Crippen LogP contribution in [-0.4, -0.2) is 22.5 Å². The van der Waals surface area contributed by atoms with Gasteiger partial charge in [-0.2, -0.15) is 0 Å². The maximum atomic E-state index is 10.5. The highest BCUT2D eigenvalue weighted by Crippen LogP contribution is 2.08. The Labute approximate surface area is 58.5 Å². The minimum absolute atomic E-state index is 0.0693. The second kappa shape index (κ2) is 2.79. The Balaban J connectivity index is 4.33. The van der Waals surface area contributed by atoms with Gasteiger partial charge in [-0.3, -0.25) is 4.79 Å². The summed E-state index contributed by atoms with van der Waals surface area (Å²) < 4.78 is 0. The Morgan fingerprint density at radius 3 is 2.10 bits per heavy atom. The van der Waals surface area contributed by atoms with Crippen molar-refractivity contribution in [3.8, 4) is 0 Å². The molecule has 0 aromatic carbocycles. The van der Waals surface area contributed by atoms with Gasteiger partial charge in [-0.05, 0) is 13.3 Å². The van der Waals surface area contributed by atoms with Crippen molar-refractivity contribution in [2.45, 2.75) is 25.9 Å². The fraction of sp³-hybridized carbons (Fsp3) is 0.667. The topological polar surface area (TPSA) is 77.4 Å². The number of hydrogen-bond donors (Lipinski definition) is 1. The highest BCUT2D eigenvalue weighted by atomic mass is 16.4. The van der Waals surface area contributed by atoms with Crippen LogP contribution in [0.5, 0.6) is 0 Å². The van der Waals surface area contributed by atoms with E-state index in [-0.39, 0.29) is 6.42 Å². The quantitative estimate of drug-likeness (QED) is 0.488. The molecule has 1 atom stereocenters. The van der Waals surface area contributed by atoms with Crippen LogP contribution in [0.1, 0.15) is 20.3 Å². The van der Waals surface area contributed by atoms with E-state index >= 15 is 0 Å². The third-order valence-corrected chi connectivity index (χ3v) is 1.36. The first-order chi connectivity index (χ1) is 4.41. The second-order valence-electron chi connectivity index (χ2n) is 2.24. The van der Waals surface area contributed by atoms with Crippen molar-refractivity contribution in [2.75, 3.05) is 0 Å². The lowest BCUT2D eigenvalue weighted by Gasteiger charge is -2.19. The van der Waals surface area contributed by atoms with Crippen LogP contribution in [0, 0.1) is 0 Å². The Morgan fingerprint density at radius 2 is 2.00 bits per heavy atom. The minimum Gasteiger partial charge on any atom is -0.542 e. The van der Waals surface area contributed by atoms with Gasteiger partial charge in [0.15, 0.2) is 0 Å². The van der Waals surface area contributed by atoms with E-state index in [9.17, 15) is 14.7 Å². The van der Waals surface area contributed by atoms with Crippen molar-refractivity contribution in [1.82, 2.24) is 0 Å². The van der Waals surface area contributed by atoms with E-state index in [1.165, 1.54) is 6.92 Å². The number of Topliss-reactive ketones (excluding diaryl/α,β-unsaturated/α-hetero) is 1. The third-order valence-electron chi connectivity index (χ3n) is 1.36. The van der Waals surface area contributed by atoms with Gasteiger partial charge >= 0.3 is 0 Å². The van der Waals surface area contributed by atoms with Gasteiger partial charge in [0.2, 0.25) is 5.78 Å². The zero-order chi connectivity index (χ0) is 8.36. The Bertz CT molecular complexity index is 159. The summed E-state index contributed by atoms with van der Waals surface area (Å²) in [4.78, 5) is 20.4. The van der Waals surface area contributed by atoms with Crippen molar-refractivity contribution in [3.63, 3.8) is 0 Å². The maximum absolute atomic E-state index is 10.5. The summed E-state index contributed by atoms with van der Waals surface area (Å²) >= 11 is 0. The molecule has 0 saturated heterocycles. The second-order valence-corrected chi connectivity index (χ2v) is 2.24. The van der Waals surface area contributed by atoms with E-state index in [0.717, 1.165) is 6.92 Å². The average molecular weight is 145 g/mol. The summed E-state index contributed by atoms with van der Waals surface area (Å²) in [5, 5.41) is 18.9. The third kappa shape index (κ3) is 1.80. The van der Waals surface area contributed by atoms with Gasteiger partial charge in [-0.15, -0.1) is 0 Å². The molecule has 0 aromatic heterocycles. The molecule has 0 aliphatic heterocycles. The van der Waals surface area contributed by atoms with Gasteiger partial charge in [0, 0.05) is 0 Å². The Kier molecular flexibility index (Phi) is 2.54.